The Morgan fingerprint density at radius 2 is 2.35 bits per heavy atom. The van der Waals surface area contributed by atoms with Gasteiger partial charge in [0.1, 0.15) is 0 Å². The Labute approximate surface area is 103 Å². The van der Waals surface area contributed by atoms with Crippen molar-refractivity contribution in [2.45, 2.75) is 13.0 Å². The first-order valence-corrected chi connectivity index (χ1v) is 5.67. The molecule has 0 aromatic carbocycles. The number of aliphatic hydroxyl groups is 1. The highest BCUT2D eigenvalue weighted by atomic mass is 16.5. The minimum atomic E-state index is -0.532. The molecule has 1 N–H and O–H groups in total. The van der Waals surface area contributed by atoms with Crippen molar-refractivity contribution < 1.29 is 9.84 Å². The van der Waals surface area contributed by atoms with Crippen LogP contribution in [0, 0.1) is 0 Å². The first-order valence-electron chi connectivity index (χ1n) is 5.67. The van der Waals surface area contributed by atoms with Gasteiger partial charge >= 0.3 is 0 Å². The molecule has 4 nitrogen and oxygen atoms in total. The summed E-state index contributed by atoms with van der Waals surface area (Å²) in [5, 5.41) is 9.39. The zero-order valence-corrected chi connectivity index (χ0v) is 10.5. The summed E-state index contributed by atoms with van der Waals surface area (Å²) in [6, 6.07) is 3.79. The molecule has 4 heteroatoms. The van der Waals surface area contributed by atoms with E-state index in [2.05, 4.69) is 16.5 Å². The van der Waals surface area contributed by atoms with E-state index in [4.69, 9.17) is 4.74 Å². The number of ether oxygens (including phenoxy) is 1. The Bertz CT molecular complexity index is 336. The van der Waals surface area contributed by atoms with E-state index in [0.717, 1.165) is 18.8 Å². The number of pyridine rings is 1. The van der Waals surface area contributed by atoms with E-state index in [1.165, 1.54) is 0 Å². The molecule has 0 aliphatic rings. The van der Waals surface area contributed by atoms with Crippen LogP contribution < -0.4 is 4.90 Å². The van der Waals surface area contributed by atoms with E-state index in [1.54, 1.807) is 20.2 Å². The summed E-state index contributed by atoms with van der Waals surface area (Å²) in [6.07, 6.45) is 3.08. The molecule has 0 aliphatic heterocycles. The van der Waals surface area contributed by atoms with E-state index in [0.29, 0.717) is 12.3 Å². The van der Waals surface area contributed by atoms with Crippen molar-refractivity contribution in [1.82, 2.24) is 4.98 Å². The van der Waals surface area contributed by atoms with Crippen LogP contribution in [0.25, 0.3) is 0 Å². The third-order valence-electron chi connectivity index (χ3n) is 2.48. The number of aliphatic hydroxyl groups excluding tert-OH is 1. The highest BCUT2D eigenvalue weighted by molar-refractivity contribution is 5.45. The lowest BCUT2D eigenvalue weighted by atomic mass is 10.2. The lowest BCUT2D eigenvalue weighted by Gasteiger charge is -2.22. The molecular weight excluding hydrogens is 216 g/mol. The van der Waals surface area contributed by atoms with Crippen molar-refractivity contribution in [2.24, 2.45) is 0 Å². The fourth-order valence-corrected chi connectivity index (χ4v) is 1.51. The Morgan fingerprint density at radius 1 is 1.59 bits per heavy atom. The van der Waals surface area contributed by atoms with Crippen molar-refractivity contribution in [3.8, 4) is 0 Å². The lowest BCUT2D eigenvalue weighted by Crippen LogP contribution is -2.27. The van der Waals surface area contributed by atoms with Crippen LogP contribution in [0.3, 0.4) is 0 Å². The van der Waals surface area contributed by atoms with Crippen LogP contribution in [-0.4, -0.2) is 36.9 Å². The minimum absolute atomic E-state index is 0.532. The van der Waals surface area contributed by atoms with Gasteiger partial charge in [0.05, 0.1) is 30.3 Å². The maximum atomic E-state index is 9.39. The molecule has 0 radical (unpaired) electrons. The molecule has 1 heterocycles. The van der Waals surface area contributed by atoms with E-state index in [-0.39, 0.29) is 0 Å². The first kappa shape index (κ1) is 13.7. The molecule has 94 valence electrons. The molecule has 1 aromatic rings. The van der Waals surface area contributed by atoms with Crippen LogP contribution in [0.5, 0.6) is 0 Å². The molecule has 1 atom stereocenters. The number of anilines is 1. The van der Waals surface area contributed by atoms with Crippen LogP contribution in [0.4, 0.5) is 5.69 Å². The number of methoxy groups -OCH3 is 1. The third kappa shape index (κ3) is 4.17. The van der Waals surface area contributed by atoms with E-state index in [9.17, 15) is 5.11 Å². The monoisotopic (exact) mass is 236 g/mol. The maximum Gasteiger partial charge on any atom is 0.0931 e. The summed E-state index contributed by atoms with van der Waals surface area (Å²) >= 11 is 0. The van der Waals surface area contributed by atoms with Gasteiger partial charge in [0.25, 0.3) is 0 Å². The molecule has 0 unspecified atom stereocenters. The van der Waals surface area contributed by atoms with E-state index >= 15 is 0 Å². The van der Waals surface area contributed by atoms with Crippen LogP contribution in [0.1, 0.15) is 18.7 Å². The highest BCUT2D eigenvalue weighted by Gasteiger charge is 2.07. The molecule has 0 amide bonds. The van der Waals surface area contributed by atoms with Gasteiger partial charge in [-0.2, -0.15) is 0 Å². The van der Waals surface area contributed by atoms with Crippen molar-refractivity contribution in [2.75, 3.05) is 31.7 Å². The second kappa shape index (κ2) is 7.04. The van der Waals surface area contributed by atoms with Gasteiger partial charge < -0.3 is 14.7 Å². The van der Waals surface area contributed by atoms with Gasteiger partial charge in [-0.05, 0) is 19.1 Å². The lowest BCUT2D eigenvalue weighted by molar-refractivity contribution is 0.194. The normalized spacial score (nSPS) is 12.2. The van der Waals surface area contributed by atoms with Crippen LogP contribution in [0.15, 0.2) is 31.0 Å². The van der Waals surface area contributed by atoms with Crippen molar-refractivity contribution >= 4 is 5.69 Å². The average molecular weight is 236 g/mol. The summed E-state index contributed by atoms with van der Waals surface area (Å²) in [7, 11) is 1.68. The molecule has 1 aromatic heterocycles. The molecule has 0 saturated heterocycles. The van der Waals surface area contributed by atoms with Crippen molar-refractivity contribution in [1.29, 1.82) is 0 Å². The molecule has 0 saturated carbocycles. The summed E-state index contributed by atoms with van der Waals surface area (Å²) in [5.41, 5.74) is 1.69. The zero-order valence-electron chi connectivity index (χ0n) is 10.5. The predicted molar refractivity (Wildman–Crippen MR) is 69.2 cm³/mol. The van der Waals surface area contributed by atoms with Gasteiger partial charge in [0.15, 0.2) is 0 Å². The standard InChI is InChI=1S/C13H20N2O2/c1-4-7-15(8-9-17-3)12-5-6-13(11(2)16)14-10-12/h4-6,10-11,16H,1,7-9H2,2-3H3/t11-/m1/s1. The summed E-state index contributed by atoms with van der Waals surface area (Å²) in [5.74, 6) is 0. The number of nitrogens with zero attached hydrogens (tertiary/aromatic N) is 2. The zero-order chi connectivity index (χ0) is 12.7. The number of hydrogen-bond acceptors (Lipinski definition) is 4. The van der Waals surface area contributed by atoms with Gasteiger partial charge in [-0.25, -0.2) is 0 Å². The fourth-order valence-electron chi connectivity index (χ4n) is 1.51. The molecule has 0 fully saturated rings. The molecule has 0 aliphatic carbocycles. The highest BCUT2D eigenvalue weighted by Crippen LogP contribution is 2.16. The van der Waals surface area contributed by atoms with E-state index in [1.807, 2.05) is 18.2 Å². The van der Waals surface area contributed by atoms with Crippen LogP contribution in [-0.2, 0) is 4.74 Å². The van der Waals surface area contributed by atoms with Crippen LogP contribution >= 0.6 is 0 Å². The number of rotatable bonds is 7. The van der Waals surface area contributed by atoms with Gasteiger partial charge in [-0.3, -0.25) is 4.98 Å². The van der Waals surface area contributed by atoms with Crippen molar-refractivity contribution in [3.63, 3.8) is 0 Å². The maximum absolute atomic E-state index is 9.39. The minimum Gasteiger partial charge on any atom is -0.387 e. The molecule has 0 bridgehead atoms. The number of aromatic nitrogens is 1. The van der Waals surface area contributed by atoms with Crippen molar-refractivity contribution in [3.05, 3.63) is 36.7 Å². The molecule has 0 spiro atoms. The second-order valence-electron chi connectivity index (χ2n) is 3.84. The predicted octanol–water partition coefficient (Wildman–Crippen LogP) is 1.77. The Morgan fingerprint density at radius 3 is 2.82 bits per heavy atom. The van der Waals surface area contributed by atoms with E-state index < -0.39 is 6.10 Å². The van der Waals surface area contributed by atoms with Crippen LogP contribution in [0.2, 0.25) is 0 Å². The molecule has 1 rings (SSSR count). The van der Waals surface area contributed by atoms with Gasteiger partial charge in [0, 0.05) is 20.2 Å². The Hall–Kier alpha value is -1.39. The summed E-state index contributed by atoms with van der Waals surface area (Å²) in [6.45, 7) is 7.64. The third-order valence-corrected chi connectivity index (χ3v) is 2.48. The Kier molecular flexibility index (Phi) is 5.66. The SMILES string of the molecule is C=CCN(CCOC)c1ccc([C@@H](C)O)nc1. The second-order valence-corrected chi connectivity index (χ2v) is 3.84. The number of hydrogen-bond donors (Lipinski definition) is 1. The molecular formula is C13H20N2O2. The molecule has 17 heavy (non-hydrogen) atoms. The summed E-state index contributed by atoms with van der Waals surface area (Å²) < 4.78 is 5.07. The topological polar surface area (TPSA) is 45.6 Å². The summed E-state index contributed by atoms with van der Waals surface area (Å²) in [4.78, 5) is 6.34. The largest absolute Gasteiger partial charge is 0.387 e. The first-order chi connectivity index (χ1) is 8.19. The van der Waals surface area contributed by atoms with Gasteiger partial charge in [-0.15, -0.1) is 6.58 Å². The quantitative estimate of drug-likeness (QED) is 0.733. The fraction of sp³-hybridized carbons (Fsp3) is 0.462. The smallest absolute Gasteiger partial charge is 0.0931 e. The van der Waals surface area contributed by atoms with Gasteiger partial charge in [-0.1, -0.05) is 6.08 Å². The average Bonchev–Trinajstić information content (AvgIpc) is 2.34. The Balaban J connectivity index is 2.75. The van der Waals surface area contributed by atoms with Gasteiger partial charge in [0.2, 0.25) is 0 Å².